The smallest absolute Gasteiger partial charge is 0.331 e. The average Bonchev–Trinajstić information content (AvgIpc) is 3.55. The van der Waals surface area contributed by atoms with E-state index in [1.165, 1.54) is 33.8 Å². The predicted octanol–water partition coefficient (Wildman–Crippen LogP) is 2.83. The Bertz CT molecular complexity index is 1480. The molecule has 0 aromatic heterocycles. The zero-order valence-electron chi connectivity index (χ0n) is 30.5. The Morgan fingerprint density at radius 1 is 0.784 bits per heavy atom. The van der Waals surface area contributed by atoms with Gasteiger partial charge in [0.05, 0.1) is 23.4 Å². The van der Waals surface area contributed by atoms with Crippen molar-refractivity contribution in [3.63, 3.8) is 0 Å². The maximum atomic E-state index is 12.7. The van der Waals surface area contributed by atoms with Crippen LogP contribution in [0.3, 0.4) is 0 Å². The van der Waals surface area contributed by atoms with Crippen molar-refractivity contribution in [2.45, 2.75) is 154 Å². The molecule has 14 nitrogen and oxygen atoms in total. The van der Waals surface area contributed by atoms with Crippen LogP contribution in [0, 0.1) is 28.6 Å². The number of ether oxygens (including phenoxy) is 7. The van der Waals surface area contributed by atoms with Crippen LogP contribution in [-0.2, 0) is 57.1 Å². The summed E-state index contributed by atoms with van der Waals surface area (Å²) in [7, 11) is 0. The summed E-state index contributed by atoms with van der Waals surface area (Å²) in [4.78, 5) is 61.0. The molecular weight excluding hydrogens is 668 g/mol. The van der Waals surface area contributed by atoms with Crippen molar-refractivity contribution in [2.75, 3.05) is 6.61 Å². The lowest BCUT2D eigenvalue weighted by atomic mass is 9.41. The number of rotatable bonds is 7. The molecule has 0 aromatic carbocycles. The number of fused-ring (bicyclic) bond motifs is 5. The van der Waals surface area contributed by atoms with E-state index in [0.29, 0.717) is 44.9 Å². The Hall–Kier alpha value is -3.07. The summed E-state index contributed by atoms with van der Waals surface area (Å²) in [5.41, 5.74) is -3.04. The molecule has 5 fully saturated rings. The molecule has 1 saturated heterocycles. The number of carbonyl (C=O) groups excluding carboxylic acids is 5. The molecule has 51 heavy (non-hydrogen) atoms. The summed E-state index contributed by atoms with van der Waals surface area (Å²) in [6, 6.07) is 0. The summed E-state index contributed by atoms with van der Waals surface area (Å²) >= 11 is 0. The molecule has 14 heteroatoms. The van der Waals surface area contributed by atoms with Crippen LogP contribution >= 0.6 is 0 Å². The zero-order valence-corrected chi connectivity index (χ0v) is 30.5. The Labute approximate surface area is 297 Å². The van der Waals surface area contributed by atoms with Gasteiger partial charge in [-0.05, 0) is 69.3 Å². The van der Waals surface area contributed by atoms with E-state index in [9.17, 15) is 34.2 Å². The van der Waals surface area contributed by atoms with Gasteiger partial charge in [-0.2, -0.15) is 0 Å². The number of hydrogen-bond acceptors (Lipinski definition) is 14. The van der Waals surface area contributed by atoms with Crippen LogP contribution in [0.2, 0.25) is 0 Å². The van der Waals surface area contributed by atoms with Gasteiger partial charge in [0.25, 0.3) is 0 Å². The minimum absolute atomic E-state index is 0.120. The fourth-order valence-corrected chi connectivity index (χ4v) is 11.1. The van der Waals surface area contributed by atoms with Crippen LogP contribution in [0.5, 0.6) is 0 Å². The second kappa shape index (κ2) is 13.4. The van der Waals surface area contributed by atoms with Crippen LogP contribution in [0.1, 0.15) is 99.8 Å². The SMILES string of the molecule is CC(=O)OC1C[C@]2(C)C(C3=CC(=O)OC3)CCC2(O)C2CCC3(O)CC(O[C@@H]4O[C@@H](C)[C@H](OC(C)=O)[C@@H](OC(C)=O)[C@H]4OC(C)=O)CC[C@]3(C)C12. The van der Waals surface area contributed by atoms with Gasteiger partial charge in [0, 0.05) is 56.9 Å². The maximum absolute atomic E-state index is 12.7. The van der Waals surface area contributed by atoms with E-state index in [1.807, 2.05) is 13.8 Å². The van der Waals surface area contributed by atoms with Crippen LogP contribution in [-0.4, -0.2) is 101 Å². The lowest BCUT2D eigenvalue weighted by Crippen LogP contribution is -2.71. The maximum Gasteiger partial charge on any atom is 0.331 e. The number of hydrogen-bond donors (Lipinski definition) is 2. The van der Waals surface area contributed by atoms with Gasteiger partial charge in [-0.3, -0.25) is 19.2 Å². The first-order valence-electron chi connectivity index (χ1n) is 18.1. The second-order valence-electron chi connectivity index (χ2n) is 16.2. The van der Waals surface area contributed by atoms with Gasteiger partial charge in [0.1, 0.15) is 12.7 Å². The normalized spacial score (nSPS) is 46.0. The van der Waals surface area contributed by atoms with E-state index in [-0.39, 0.29) is 36.8 Å². The molecule has 284 valence electrons. The van der Waals surface area contributed by atoms with Crippen LogP contribution < -0.4 is 0 Å². The highest BCUT2D eigenvalue weighted by atomic mass is 16.7. The molecule has 0 aromatic rings. The van der Waals surface area contributed by atoms with E-state index < -0.39 is 88.8 Å². The van der Waals surface area contributed by atoms with E-state index in [2.05, 4.69) is 0 Å². The fraction of sp³-hybridized carbons (Fsp3) is 0.811. The molecule has 0 bridgehead atoms. The number of cyclic esters (lactones) is 1. The van der Waals surface area contributed by atoms with Crippen LogP contribution in [0.15, 0.2) is 11.6 Å². The van der Waals surface area contributed by atoms with Crippen molar-refractivity contribution in [1.29, 1.82) is 0 Å². The van der Waals surface area contributed by atoms with Gasteiger partial charge < -0.3 is 43.4 Å². The van der Waals surface area contributed by atoms with Crippen molar-refractivity contribution in [1.82, 2.24) is 0 Å². The number of carbonyl (C=O) groups is 5. The fourth-order valence-electron chi connectivity index (χ4n) is 11.1. The molecule has 7 unspecified atom stereocenters. The van der Waals surface area contributed by atoms with Crippen molar-refractivity contribution in [2.24, 2.45) is 28.6 Å². The summed E-state index contributed by atoms with van der Waals surface area (Å²) < 4.78 is 40.5. The Kier molecular flexibility index (Phi) is 9.91. The second-order valence-corrected chi connectivity index (χ2v) is 16.2. The summed E-state index contributed by atoms with van der Waals surface area (Å²) in [5, 5.41) is 25.4. The average molecular weight is 721 g/mol. The first-order valence-corrected chi connectivity index (χ1v) is 18.1. The van der Waals surface area contributed by atoms with E-state index in [0.717, 1.165) is 5.57 Å². The lowest BCUT2D eigenvalue weighted by molar-refractivity contribution is -0.326. The number of esters is 5. The molecule has 0 spiro atoms. The molecule has 2 heterocycles. The molecule has 14 atom stereocenters. The standard InChI is InChI=1S/C37H52O14/c1-18-30(48-20(3)39)31(49-21(4)40)32(50-22(5)41)33(46-18)51-24-8-11-34(6)29-26(9-12-36(34,43)15-24)37(44)13-10-25(23-14-28(42)45-17-23)35(37,7)16-27(29)47-19(2)38/h14,18,24-27,29-33,43-44H,8-13,15-17H2,1-7H3/t18-,24?,25?,26?,27?,29?,30-,31+,32+,33-,34+,35+,36?,37?/m0/s1. The first-order chi connectivity index (χ1) is 23.8. The molecule has 2 aliphatic heterocycles. The van der Waals surface area contributed by atoms with Crippen LogP contribution in [0.4, 0.5) is 0 Å². The topological polar surface area (TPSA) is 190 Å². The summed E-state index contributed by atoms with van der Waals surface area (Å²) in [6.45, 7) is 10.8. The molecule has 6 rings (SSSR count). The van der Waals surface area contributed by atoms with Gasteiger partial charge in [-0.1, -0.05) is 13.8 Å². The van der Waals surface area contributed by atoms with Crippen molar-refractivity contribution in [3.05, 3.63) is 11.6 Å². The van der Waals surface area contributed by atoms with Gasteiger partial charge >= 0.3 is 29.8 Å². The Balaban J connectivity index is 1.27. The third-order valence-electron chi connectivity index (χ3n) is 13.3. The first kappa shape index (κ1) is 37.7. The molecule has 4 saturated carbocycles. The predicted molar refractivity (Wildman–Crippen MR) is 174 cm³/mol. The highest BCUT2D eigenvalue weighted by Crippen LogP contribution is 2.71. The van der Waals surface area contributed by atoms with Crippen molar-refractivity contribution < 1.29 is 67.3 Å². The van der Waals surface area contributed by atoms with Crippen LogP contribution in [0.25, 0.3) is 0 Å². The minimum Gasteiger partial charge on any atom is -0.462 e. The molecule has 2 N–H and O–H groups in total. The molecular formula is C37H52O14. The van der Waals surface area contributed by atoms with Gasteiger partial charge in [-0.15, -0.1) is 0 Å². The largest absolute Gasteiger partial charge is 0.462 e. The van der Waals surface area contributed by atoms with Gasteiger partial charge in [0.2, 0.25) is 0 Å². The highest BCUT2D eigenvalue weighted by molar-refractivity contribution is 5.85. The molecule has 0 amide bonds. The van der Waals surface area contributed by atoms with E-state index in [4.69, 9.17) is 33.2 Å². The summed E-state index contributed by atoms with van der Waals surface area (Å²) in [5.74, 6) is -3.60. The van der Waals surface area contributed by atoms with Gasteiger partial charge in [0.15, 0.2) is 24.6 Å². The van der Waals surface area contributed by atoms with E-state index >= 15 is 0 Å². The zero-order chi connectivity index (χ0) is 37.3. The Morgan fingerprint density at radius 3 is 2.02 bits per heavy atom. The van der Waals surface area contributed by atoms with Crippen molar-refractivity contribution >= 4 is 29.8 Å². The third kappa shape index (κ3) is 6.37. The van der Waals surface area contributed by atoms with Crippen molar-refractivity contribution in [3.8, 4) is 0 Å². The highest BCUT2D eigenvalue weighted by Gasteiger charge is 2.73. The minimum atomic E-state index is -1.29. The molecule has 4 aliphatic carbocycles. The molecule has 6 aliphatic rings. The van der Waals surface area contributed by atoms with E-state index in [1.54, 1.807) is 6.92 Å². The third-order valence-corrected chi connectivity index (χ3v) is 13.3. The monoisotopic (exact) mass is 720 g/mol. The number of aliphatic hydroxyl groups is 2. The summed E-state index contributed by atoms with van der Waals surface area (Å²) in [6.07, 6.45) is -1.75. The Morgan fingerprint density at radius 2 is 1.41 bits per heavy atom. The van der Waals surface area contributed by atoms with Gasteiger partial charge in [-0.25, -0.2) is 4.79 Å². The molecule has 0 radical (unpaired) electrons. The quantitative estimate of drug-likeness (QED) is 0.222. The lowest BCUT2D eigenvalue weighted by Gasteiger charge is -2.67.